The summed E-state index contributed by atoms with van der Waals surface area (Å²) in [6.07, 6.45) is 6.14. The SMILES string of the molecule is CCOC(=O)c1c(NC(=O)/C=C/c2ccc(OC)cc2OC)sc2c1C(C)CCC2. The highest BCUT2D eigenvalue weighted by atomic mass is 32.1. The molecule has 1 aromatic carbocycles. The Balaban J connectivity index is 1.85. The average Bonchev–Trinajstić information content (AvgIpc) is 3.11. The molecule has 0 aliphatic heterocycles. The van der Waals surface area contributed by atoms with Gasteiger partial charge in [-0.3, -0.25) is 4.79 Å². The fraction of sp³-hybridized carbons (Fsp3) is 0.391. The van der Waals surface area contributed by atoms with Crippen LogP contribution in [0.4, 0.5) is 5.00 Å². The van der Waals surface area contributed by atoms with Crippen LogP contribution in [-0.2, 0) is 16.0 Å². The summed E-state index contributed by atoms with van der Waals surface area (Å²) < 4.78 is 15.8. The number of ether oxygens (including phenoxy) is 3. The van der Waals surface area contributed by atoms with Gasteiger partial charge in [-0.1, -0.05) is 6.92 Å². The third-order valence-corrected chi connectivity index (χ3v) is 6.31. The Kier molecular flexibility index (Phi) is 7.15. The summed E-state index contributed by atoms with van der Waals surface area (Å²) in [7, 11) is 3.15. The predicted octanol–water partition coefficient (Wildman–Crippen LogP) is 5.03. The van der Waals surface area contributed by atoms with Gasteiger partial charge in [-0.25, -0.2) is 4.79 Å². The minimum atomic E-state index is -0.375. The quantitative estimate of drug-likeness (QED) is 0.493. The van der Waals surface area contributed by atoms with Crippen molar-refractivity contribution < 1.29 is 23.8 Å². The molecular weight excluding hydrogens is 402 g/mol. The number of aryl methyl sites for hydroxylation is 1. The molecular formula is C23H27NO5S. The largest absolute Gasteiger partial charge is 0.497 e. The second-order valence-corrected chi connectivity index (χ2v) is 8.19. The lowest BCUT2D eigenvalue weighted by Gasteiger charge is -2.19. The fourth-order valence-electron chi connectivity index (χ4n) is 3.68. The van der Waals surface area contributed by atoms with Gasteiger partial charge in [0.1, 0.15) is 16.5 Å². The second-order valence-electron chi connectivity index (χ2n) is 7.09. The number of carbonyl (C=O) groups excluding carboxylic acids is 2. The molecule has 1 unspecified atom stereocenters. The van der Waals surface area contributed by atoms with Crippen LogP contribution in [0.25, 0.3) is 6.08 Å². The van der Waals surface area contributed by atoms with Gasteiger partial charge in [-0.15, -0.1) is 11.3 Å². The van der Waals surface area contributed by atoms with Crippen molar-refractivity contribution in [1.82, 2.24) is 0 Å². The van der Waals surface area contributed by atoms with Gasteiger partial charge >= 0.3 is 5.97 Å². The van der Waals surface area contributed by atoms with E-state index in [0.717, 1.165) is 35.3 Å². The minimum Gasteiger partial charge on any atom is -0.497 e. The predicted molar refractivity (Wildman–Crippen MR) is 119 cm³/mol. The molecule has 0 bridgehead atoms. The molecule has 1 aromatic heterocycles. The summed E-state index contributed by atoms with van der Waals surface area (Å²) >= 11 is 1.47. The lowest BCUT2D eigenvalue weighted by atomic mass is 9.86. The zero-order valence-electron chi connectivity index (χ0n) is 17.7. The number of hydrogen-bond donors (Lipinski definition) is 1. The summed E-state index contributed by atoms with van der Waals surface area (Å²) in [4.78, 5) is 26.4. The van der Waals surface area contributed by atoms with E-state index in [1.54, 1.807) is 39.4 Å². The van der Waals surface area contributed by atoms with E-state index in [1.165, 1.54) is 17.4 Å². The maximum absolute atomic E-state index is 12.6. The summed E-state index contributed by atoms with van der Waals surface area (Å²) in [6.45, 7) is 4.20. The Morgan fingerprint density at radius 3 is 2.77 bits per heavy atom. The topological polar surface area (TPSA) is 73.9 Å². The van der Waals surface area contributed by atoms with E-state index < -0.39 is 0 Å². The number of hydrogen-bond acceptors (Lipinski definition) is 6. The van der Waals surface area contributed by atoms with Crippen LogP contribution in [0.3, 0.4) is 0 Å². The smallest absolute Gasteiger partial charge is 0.341 e. The maximum Gasteiger partial charge on any atom is 0.341 e. The molecule has 160 valence electrons. The number of carbonyl (C=O) groups is 2. The maximum atomic E-state index is 12.6. The van der Waals surface area contributed by atoms with E-state index in [1.807, 2.05) is 6.07 Å². The minimum absolute atomic E-state index is 0.272. The molecule has 1 aliphatic rings. The monoisotopic (exact) mass is 429 g/mol. The first-order valence-corrected chi connectivity index (χ1v) is 10.8. The average molecular weight is 430 g/mol. The Morgan fingerprint density at radius 2 is 2.07 bits per heavy atom. The van der Waals surface area contributed by atoms with E-state index in [9.17, 15) is 9.59 Å². The van der Waals surface area contributed by atoms with Crippen molar-refractivity contribution >= 4 is 34.3 Å². The zero-order chi connectivity index (χ0) is 21.7. The number of anilines is 1. The highest BCUT2D eigenvalue weighted by Crippen LogP contribution is 2.43. The van der Waals surface area contributed by atoms with Crippen LogP contribution >= 0.6 is 11.3 Å². The summed E-state index contributed by atoms with van der Waals surface area (Å²) in [5, 5.41) is 3.44. The molecule has 1 amide bonds. The number of thiophene rings is 1. The lowest BCUT2D eigenvalue weighted by molar-refractivity contribution is -0.111. The number of benzene rings is 1. The van der Waals surface area contributed by atoms with Gasteiger partial charge in [0.05, 0.1) is 26.4 Å². The molecule has 0 saturated carbocycles. The van der Waals surface area contributed by atoms with E-state index in [4.69, 9.17) is 14.2 Å². The Hall–Kier alpha value is -2.80. The molecule has 0 radical (unpaired) electrons. The third-order valence-electron chi connectivity index (χ3n) is 5.13. The van der Waals surface area contributed by atoms with Crippen molar-refractivity contribution in [3.05, 3.63) is 45.8 Å². The van der Waals surface area contributed by atoms with Gasteiger partial charge in [0, 0.05) is 22.6 Å². The Morgan fingerprint density at radius 1 is 1.27 bits per heavy atom. The first kappa shape index (κ1) is 21.9. The van der Waals surface area contributed by atoms with Gasteiger partial charge in [0.2, 0.25) is 5.91 Å². The zero-order valence-corrected chi connectivity index (χ0v) is 18.6. The van der Waals surface area contributed by atoms with Crippen LogP contribution in [0.15, 0.2) is 24.3 Å². The summed E-state index contributed by atoms with van der Waals surface area (Å²) in [5.41, 5.74) is 2.28. The molecule has 2 aromatic rings. The van der Waals surface area contributed by atoms with Crippen LogP contribution in [0.5, 0.6) is 11.5 Å². The number of fused-ring (bicyclic) bond motifs is 1. The van der Waals surface area contributed by atoms with Crippen LogP contribution in [0.2, 0.25) is 0 Å². The van der Waals surface area contributed by atoms with Crippen molar-refractivity contribution in [2.75, 3.05) is 26.1 Å². The molecule has 3 rings (SSSR count). The highest BCUT2D eigenvalue weighted by Gasteiger charge is 2.30. The standard InChI is InChI=1S/C23H27NO5S/c1-5-29-23(26)21-20-14(2)7-6-8-18(20)30-22(21)24-19(25)12-10-15-9-11-16(27-3)13-17(15)28-4/h9-14H,5-8H2,1-4H3,(H,24,25)/b12-10+. The van der Waals surface area contributed by atoms with Gasteiger partial charge in [-0.05, 0) is 55.9 Å². The lowest BCUT2D eigenvalue weighted by Crippen LogP contribution is -2.15. The molecule has 1 aliphatic carbocycles. The Labute approximate surface area is 180 Å². The normalized spacial score (nSPS) is 15.5. The second kappa shape index (κ2) is 9.80. The molecule has 0 fully saturated rings. The molecule has 30 heavy (non-hydrogen) atoms. The third kappa shape index (κ3) is 4.67. The molecule has 1 atom stereocenters. The van der Waals surface area contributed by atoms with Crippen LogP contribution in [0, 0.1) is 0 Å². The molecule has 1 N–H and O–H groups in total. The summed E-state index contributed by atoms with van der Waals surface area (Å²) in [5.74, 6) is 0.857. The fourth-order valence-corrected chi connectivity index (χ4v) is 5.03. The van der Waals surface area contributed by atoms with Gasteiger partial charge in [-0.2, -0.15) is 0 Å². The van der Waals surface area contributed by atoms with Crippen LogP contribution in [0.1, 0.15) is 59.0 Å². The number of amides is 1. The number of nitrogens with one attached hydrogen (secondary N) is 1. The van der Waals surface area contributed by atoms with E-state index in [-0.39, 0.29) is 17.8 Å². The first-order valence-electron chi connectivity index (χ1n) is 10.0. The first-order chi connectivity index (χ1) is 14.5. The van der Waals surface area contributed by atoms with Crippen molar-refractivity contribution in [3.8, 4) is 11.5 Å². The van der Waals surface area contributed by atoms with Crippen molar-refractivity contribution in [3.63, 3.8) is 0 Å². The molecule has 7 heteroatoms. The number of rotatable bonds is 7. The van der Waals surface area contributed by atoms with Crippen molar-refractivity contribution in [2.24, 2.45) is 0 Å². The van der Waals surface area contributed by atoms with E-state index in [0.29, 0.717) is 28.7 Å². The molecule has 6 nitrogen and oxygen atoms in total. The van der Waals surface area contributed by atoms with Crippen LogP contribution in [-0.4, -0.2) is 32.7 Å². The van der Waals surface area contributed by atoms with E-state index >= 15 is 0 Å². The van der Waals surface area contributed by atoms with Gasteiger partial charge < -0.3 is 19.5 Å². The highest BCUT2D eigenvalue weighted by molar-refractivity contribution is 7.17. The summed E-state index contributed by atoms with van der Waals surface area (Å²) in [6, 6.07) is 5.37. The van der Waals surface area contributed by atoms with Crippen LogP contribution < -0.4 is 14.8 Å². The molecule has 0 spiro atoms. The van der Waals surface area contributed by atoms with Crippen molar-refractivity contribution in [1.29, 1.82) is 0 Å². The Bertz CT molecular complexity index is 963. The van der Waals surface area contributed by atoms with Crippen molar-refractivity contribution in [2.45, 2.75) is 39.0 Å². The van der Waals surface area contributed by atoms with Gasteiger partial charge in [0.25, 0.3) is 0 Å². The molecule has 1 heterocycles. The van der Waals surface area contributed by atoms with Gasteiger partial charge in [0.15, 0.2) is 0 Å². The van der Waals surface area contributed by atoms with E-state index in [2.05, 4.69) is 12.2 Å². The number of esters is 1. The number of methoxy groups -OCH3 is 2. The molecule has 0 saturated heterocycles.